The van der Waals surface area contributed by atoms with E-state index in [9.17, 15) is 0 Å². The second kappa shape index (κ2) is 2.61. The highest BCUT2D eigenvalue weighted by atomic mass is 14.5. The van der Waals surface area contributed by atoms with Crippen LogP contribution in [0.5, 0.6) is 0 Å². The van der Waals surface area contributed by atoms with Crippen LogP contribution in [-0.4, -0.2) is 0 Å². The van der Waals surface area contributed by atoms with Gasteiger partial charge in [0.15, 0.2) is 0 Å². The summed E-state index contributed by atoms with van der Waals surface area (Å²) in [6.45, 7) is 7.21. The fraction of sp³-hybridized carbons (Fsp3) is 0.833. The lowest BCUT2D eigenvalue weighted by atomic mass is 9.67. The minimum Gasteiger partial charge on any atom is -0.0843 e. The van der Waals surface area contributed by atoms with Crippen LogP contribution in [0.15, 0.2) is 12.2 Å². The van der Waals surface area contributed by atoms with Crippen LogP contribution in [0, 0.1) is 23.2 Å². The Bertz CT molecular complexity index is 200. The summed E-state index contributed by atoms with van der Waals surface area (Å²) in [5.74, 6) is 2.77. The van der Waals surface area contributed by atoms with Crippen LogP contribution in [-0.2, 0) is 0 Å². The van der Waals surface area contributed by atoms with Crippen LogP contribution in [0.2, 0.25) is 0 Å². The van der Waals surface area contributed by atoms with Crippen LogP contribution in [0.1, 0.15) is 40.0 Å². The van der Waals surface area contributed by atoms with Gasteiger partial charge in [0.25, 0.3) is 0 Å². The molecule has 0 saturated heterocycles. The Morgan fingerprint density at radius 3 is 2.67 bits per heavy atom. The summed E-state index contributed by atoms with van der Waals surface area (Å²) in [7, 11) is 0. The fourth-order valence-electron chi connectivity index (χ4n) is 3.12. The van der Waals surface area contributed by atoms with E-state index in [-0.39, 0.29) is 0 Å². The molecular weight excluding hydrogens is 144 g/mol. The Labute approximate surface area is 76.1 Å². The molecule has 1 fully saturated rings. The number of rotatable bonds is 0. The zero-order valence-corrected chi connectivity index (χ0v) is 8.51. The van der Waals surface area contributed by atoms with E-state index in [1.807, 2.05) is 0 Å². The van der Waals surface area contributed by atoms with Crippen LogP contribution in [0.4, 0.5) is 0 Å². The molecule has 0 N–H and O–H groups in total. The first-order chi connectivity index (χ1) is 5.61. The number of hydrogen-bond acceptors (Lipinski definition) is 0. The van der Waals surface area contributed by atoms with E-state index < -0.39 is 0 Å². The third-order valence-electron chi connectivity index (χ3n) is 4.00. The highest BCUT2D eigenvalue weighted by Crippen LogP contribution is 2.50. The van der Waals surface area contributed by atoms with Gasteiger partial charge in [0.2, 0.25) is 0 Å². The summed E-state index contributed by atoms with van der Waals surface area (Å²) in [6.07, 6.45) is 9.28. The molecule has 0 aromatic heterocycles. The van der Waals surface area contributed by atoms with E-state index in [0.29, 0.717) is 5.41 Å². The van der Waals surface area contributed by atoms with Gasteiger partial charge in [-0.2, -0.15) is 0 Å². The van der Waals surface area contributed by atoms with Gasteiger partial charge < -0.3 is 0 Å². The maximum atomic E-state index is 2.48. The second-order valence-electron chi connectivity index (χ2n) is 5.27. The summed E-state index contributed by atoms with van der Waals surface area (Å²) in [5, 5.41) is 0. The Balaban J connectivity index is 2.20. The van der Waals surface area contributed by atoms with Crippen LogP contribution in [0.3, 0.4) is 0 Å². The molecule has 0 heteroatoms. The minimum absolute atomic E-state index is 0.485. The molecule has 0 amide bonds. The zero-order chi connectivity index (χ0) is 8.77. The van der Waals surface area contributed by atoms with Crippen molar-refractivity contribution in [1.29, 1.82) is 0 Å². The molecule has 0 aliphatic heterocycles. The normalized spacial score (nSPS) is 44.4. The first-order valence-electron chi connectivity index (χ1n) is 5.30. The maximum absolute atomic E-state index is 2.48. The highest BCUT2D eigenvalue weighted by molar-refractivity contribution is 5.13. The molecule has 2 aliphatic carbocycles. The van der Waals surface area contributed by atoms with Crippen molar-refractivity contribution in [1.82, 2.24) is 0 Å². The molecule has 68 valence electrons. The molecule has 0 heterocycles. The molecule has 0 aromatic rings. The van der Waals surface area contributed by atoms with Crippen LogP contribution < -0.4 is 0 Å². The molecule has 3 atom stereocenters. The molecule has 2 rings (SSSR count). The minimum atomic E-state index is 0.485. The topological polar surface area (TPSA) is 0 Å². The van der Waals surface area contributed by atoms with E-state index in [1.54, 1.807) is 0 Å². The average molecular weight is 164 g/mol. The van der Waals surface area contributed by atoms with Gasteiger partial charge in [-0.1, -0.05) is 45.8 Å². The third kappa shape index (κ3) is 1.12. The predicted molar refractivity (Wildman–Crippen MR) is 52.9 cm³/mol. The summed E-state index contributed by atoms with van der Waals surface area (Å²) in [4.78, 5) is 0. The summed E-state index contributed by atoms with van der Waals surface area (Å²) in [5.41, 5.74) is 0.485. The summed E-state index contributed by atoms with van der Waals surface area (Å²) >= 11 is 0. The van der Waals surface area contributed by atoms with Crippen molar-refractivity contribution in [2.45, 2.75) is 40.0 Å². The standard InChI is InChI=1S/C12H20/c1-9-5-4-6-11-10(9)7-8-12(11,2)3/h7-11H,4-6H2,1-3H3. The van der Waals surface area contributed by atoms with Crippen LogP contribution >= 0.6 is 0 Å². The van der Waals surface area contributed by atoms with Crippen molar-refractivity contribution in [3.8, 4) is 0 Å². The zero-order valence-electron chi connectivity index (χ0n) is 8.51. The molecule has 12 heavy (non-hydrogen) atoms. The molecule has 0 bridgehead atoms. The van der Waals surface area contributed by atoms with Gasteiger partial charge in [-0.05, 0) is 29.6 Å². The quantitative estimate of drug-likeness (QED) is 0.479. The monoisotopic (exact) mass is 164 g/mol. The van der Waals surface area contributed by atoms with Gasteiger partial charge in [-0.3, -0.25) is 0 Å². The van der Waals surface area contributed by atoms with Gasteiger partial charge in [0.1, 0.15) is 0 Å². The van der Waals surface area contributed by atoms with E-state index in [0.717, 1.165) is 17.8 Å². The van der Waals surface area contributed by atoms with Gasteiger partial charge in [0, 0.05) is 0 Å². The third-order valence-corrected chi connectivity index (χ3v) is 4.00. The Morgan fingerprint density at radius 1 is 1.25 bits per heavy atom. The molecule has 1 saturated carbocycles. The second-order valence-corrected chi connectivity index (χ2v) is 5.27. The lowest BCUT2D eigenvalue weighted by Crippen LogP contribution is -2.30. The molecule has 0 spiro atoms. The lowest BCUT2D eigenvalue weighted by molar-refractivity contribution is 0.140. The largest absolute Gasteiger partial charge is 0.0843 e. The SMILES string of the molecule is CC1CCCC2C1C=CC2(C)C. The fourth-order valence-corrected chi connectivity index (χ4v) is 3.12. The summed E-state index contributed by atoms with van der Waals surface area (Å²) in [6, 6.07) is 0. The van der Waals surface area contributed by atoms with Gasteiger partial charge in [-0.25, -0.2) is 0 Å². The first-order valence-corrected chi connectivity index (χ1v) is 5.30. The number of allylic oxidation sites excluding steroid dienone is 2. The average Bonchev–Trinajstić information content (AvgIpc) is 2.30. The maximum Gasteiger partial charge on any atom is -0.0141 e. The van der Waals surface area contributed by atoms with Crippen molar-refractivity contribution in [2.24, 2.45) is 23.2 Å². The molecule has 3 unspecified atom stereocenters. The Kier molecular flexibility index (Phi) is 1.82. The van der Waals surface area contributed by atoms with E-state index in [1.165, 1.54) is 19.3 Å². The Morgan fingerprint density at radius 2 is 2.00 bits per heavy atom. The predicted octanol–water partition coefficient (Wildman–Crippen LogP) is 3.63. The molecule has 0 aromatic carbocycles. The highest BCUT2D eigenvalue weighted by Gasteiger charge is 2.41. The van der Waals surface area contributed by atoms with E-state index >= 15 is 0 Å². The van der Waals surface area contributed by atoms with Gasteiger partial charge in [0.05, 0.1) is 0 Å². The van der Waals surface area contributed by atoms with Crippen LogP contribution in [0.25, 0.3) is 0 Å². The van der Waals surface area contributed by atoms with Crippen molar-refractivity contribution in [2.75, 3.05) is 0 Å². The van der Waals surface area contributed by atoms with Crippen molar-refractivity contribution in [3.05, 3.63) is 12.2 Å². The number of fused-ring (bicyclic) bond motifs is 1. The first kappa shape index (κ1) is 8.34. The molecule has 2 aliphatic rings. The molecular formula is C12H20. The smallest absolute Gasteiger partial charge is 0.0141 e. The van der Waals surface area contributed by atoms with E-state index in [2.05, 4.69) is 32.9 Å². The van der Waals surface area contributed by atoms with Crippen molar-refractivity contribution < 1.29 is 0 Å². The van der Waals surface area contributed by atoms with Crippen molar-refractivity contribution >= 4 is 0 Å². The van der Waals surface area contributed by atoms with E-state index in [4.69, 9.17) is 0 Å². The van der Waals surface area contributed by atoms with Crippen molar-refractivity contribution in [3.63, 3.8) is 0 Å². The van der Waals surface area contributed by atoms with Gasteiger partial charge in [-0.15, -0.1) is 0 Å². The molecule has 0 radical (unpaired) electrons. The Hall–Kier alpha value is -0.260. The summed E-state index contributed by atoms with van der Waals surface area (Å²) < 4.78 is 0. The molecule has 0 nitrogen and oxygen atoms in total. The lowest BCUT2D eigenvalue weighted by Gasteiger charge is -2.38. The number of hydrogen-bond donors (Lipinski definition) is 0. The van der Waals surface area contributed by atoms with Gasteiger partial charge >= 0.3 is 0 Å².